The van der Waals surface area contributed by atoms with Crippen molar-refractivity contribution in [1.29, 1.82) is 0 Å². The van der Waals surface area contributed by atoms with E-state index in [1.807, 2.05) is 0 Å². The van der Waals surface area contributed by atoms with Gasteiger partial charge in [-0.25, -0.2) is 0 Å². The second-order valence-corrected chi connectivity index (χ2v) is 13.2. The van der Waals surface area contributed by atoms with Gasteiger partial charge in [-0.15, -0.1) is 0 Å². The molecule has 0 saturated carbocycles. The van der Waals surface area contributed by atoms with Crippen LogP contribution in [0.4, 0.5) is 0 Å². The summed E-state index contributed by atoms with van der Waals surface area (Å²) in [5.41, 5.74) is 6.19. The van der Waals surface area contributed by atoms with Gasteiger partial charge in [0, 0.05) is 27.2 Å². The number of nitrogens with zero attached hydrogens (tertiary/aromatic N) is 1. The predicted octanol–water partition coefficient (Wildman–Crippen LogP) is 13.4. The molecule has 11 aromatic rings. The Morgan fingerprint density at radius 1 is 0.286 bits per heavy atom. The monoisotopic (exact) mass is 619 g/mol. The average molecular weight is 620 g/mol. The highest BCUT2D eigenvalue weighted by molar-refractivity contribution is 6.32. The van der Waals surface area contributed by atoms with Gasteiger partial charge in [-0.05, 0) is 83.2 Å². The van der Waals surface area contributed by atoms with E-state index in [-0.39, 0.29) is 0 Å². The van der Waals surface area contributed by atoms with Crippen molar-refractivity contribution in [3.8, 4) is 16.8 Å². The maximum absolute atomic E-state index is 2.50. The highest BCUT2D eigenvalue weighted by Gasteiger charge is 2.19. The molecule has 0 atom stereocenters. The van der Waals surface area contributed by atoms with Crippen LogP contribution in [0.15, 0.2) is 176 Å². The molecule has 10 aromatic carbocycles. The zero-order valence-electron chi connectivity index (χ0n) is 26.7. The van der Waals surface area contributed by atoms with E-state index in [1.165, 1.54) is 97.6 Å². The van der Waals surface area contributed by atoms with E-state index < -0.39 is 0 Å². The first-order chi connectivity index (χ1) is 24.3. The fraction of sp³-hybridized carbons (Fsp3) is 0. The fourth-order valence-electron chi connectivity index (χ4n) is 8.60. The van der Waals surface area contributed by atoms with Crippen LogP contribution in [0, 0.1) is 0 Å². The van der Waals surface area contributed by atoms with Gasteiger partial charge < -0.3 is 4.57 Å². The summed E-state index contributed by atoms with van der Waals surface area (Å²) < 4.78 is 2.50. The molecular weight excluding hydrogens is 591 g/mol. The van der Waals surface area contributed by atoms with Crippen molar-refractivity contribution in [1.82, 2.24) is 4.57 Å². The Hall–Kier alpha value is -6.44. The molecule has 1 nitrogen and oxygen atoms in total. The SMILES string of the molecule is c1ccc2c(-c3ccc(-n4c5c6ccccc6ccc5c5ccc6ccccc6c54)cc3)c3c4ccccc4c4ccccc4c3cc2c1. The van der Waals surface area contributed by atoms with Gasteiger partial charge in [-0.3, -0.25) is 0 Å². The third-order valence-electron chi connectivity index (χ3n) is 10.7. The Labute approximate surface area is 282 Å². The molecular formula is C48H29N. The van der Waals surface area contributed by atoms with Crippen LogP contribution in [0.1, 0.15) is 0 Å². The normalized spacial score (nSPS) is 12.1. The van der Waals surface area contributed by atoms with Crippen LogP contribution in [-0.4, -0.2) is 4.57 Å². The molecule has 0 aliphatic carbocycles. The third kappa shape index (κ3) is 3.70. The summed E-state index contributed by atoms with van der Waals surface area (Å²) >= 11 is 0. The van der Waals surface area contributed by atoms with Gasteiger partial charge in [0.05, 0.1) is 11.0 Å². The largest absolute Gasteiger partial charge is 0.308 e. The summed E-state index contributed by atoms with van der Waals surface area (Å²) in [4.78, 5) is 0. The van der Waals surface area contributed by atoms with E-state index in [2.05, 4.69) is 180 Å². The second-order valence-electron chi connectivity index (χ2n) is 13.2. The zero-order chi connectivity index (χ0) is 32.1. The summed E-state index contributed by atoms with van der Waals surface area (Å²) in [5, 5.41) is 17.9. The fourth-order valence-corrected chi connectivity index (χ4v) is 8.60. The molecule has 0 radical (unpaired) electrons. The highest BCUT2D eigenvalue weighted by atomic mass is 15.0. The van der Waals surface area contributed by atoms with Gasteiger partial charge in [0.25, 0.3) is 0 Å². The van der Waals surface area contributed by atoms with Crippen molar-refractivity contribution < 1.29 is 0 Å². The molecule has 0 amide bonds. The van der Waals surface area contributed by atoms with Crippen molar-refractivity contribution in [2.45, 2.75) is 0 Å². The maximum atomic E-state index is 2.50. The van der Waals surface area contributed by atoms with Crippen LogP contribution in [0.2, 0.25) is 0 Å². The van der Waals surface area contributed by atoms with E-state index in [4.69, 9.17) is 0 Å². The Balaban J connectivity index is 1.25. The number of benzene rings is 10. The molecule has 1 heterocycles. The summed E-state index contributed by atoms with van der Waals surface area (Å²) in [6.07, 6.45) is 0. The lowest BCUT2D eigenvalue weighted by atomic mass is 9.86. The zero-order valence-corrected chi connectivity index (χ0v) is 26.7. The third-order valence-corrected chi connectivity index (χ3v) is 10.7. The Bertz CT molecular complexity index is 3050. The predicted molar refractivity (Wildman–Crippen MR) is 211 cm³/mol. The van der Waals surface area contributed by atoms with Gasteiger partial charge in [-0.2, -0.15) is 0 Å². The molecule has 49 heavy (non-hydrogen) atoms. The first-order valence-electron chi connectivity index (χ1n) is 17.0. The lowest BCUT2D eigenvalue weighted by Gasteiger charge is -2.18. The molecule has 0 bridgehead atoms. The molecule has 0 fully saturated rings. The molecule has 11 rings (SSSR count). The molecule has 0 spiro atoms. The Morgan fingerprint density at radius 2 is 0.735 bits per heavy atom. The van der Waals surface area contributed by atoms with Gasteiger partial charge >= 0.3 is 0 Å². The molecule has 1 aromatic heterocycles. The number of hydrogen-bond donors (Lipinski definition) is 0. The van der Waals surface area contributed by atoms with Crippen LogP contribution in [0.5, 0.6) is 0 Å². The maximum Gasteiger partial charge on any atom is 0.0619 e. The van der Waals surface area contributed by atoms with Crippen LogP contribution in [0.25, 0.3) is 103 Å². The standard InChI is InChI=1S/C48H29N/c1-5-15-36-30(11-1)23-27-42-43-28-24-31-12-2-6-16-37(31)48(43)49(47(36)42)34-25-21-32(22-26-34)45-35-14-4-3-13-33(35)29-44-40-19-8-7-17-38(40)39-18-9-10-20-41(39)46(44)45/h1-29H. The summed E-state index contributed by atoms with van der Waals surface area (Å²) in [5.74, 6) is 0. The molecule has 0 aliphatic rings. The second kappa shape index (κ2) is 10.0. The van der Waals surface area contributed by atoms with Crippen molar-refractivity contribution in [2.24, 2.45) is 0 Å². The van der Waals surface area contributed by atoms with Crippen LogP contribution >= 0.6 is 0 Å². The van der Waals surface area contributed by atoms with Gasteiger partial charge in [0.2, 0.25) is 0 Å². The molecule has 0 aliphatic heterocycles. The van der Waals surface area contributed by atoms with E-state index >= 15 is 0 Å². The quantitative estimate of drug-likeness (QED) is 0.134. The van der Waals surface area contributed by atoms with Crippen molar-refractivity contribution in [3.05, 3.63) is 176 Å². The first kappa shape index (κ1) is 26.6. The number of rotatable bonds is 2. The molecule has 1 heteroatoms. The van der Waals surface area contributed by atoms with Crippen LogP contribution in [0.3, 0.4) is 0 Å². The lowest BCUT2D eigenvalue weighted by Crippen LogP contribution is -1.96. The van der Waals surface area contributed by atoms with E-state index in [9.17, 15) is 0 Å². The van der Waals surface area contributed by atoms with E-state index in [0.717, 1.165) is 5.69 Å². The number of fused-ring (bicyclic) bond motifs is 14. The minimum absolute atomic E-state index is 1.16. The van der Waals surface area contributed by atoms with Gasteiger partial charge in [0.15, 0.2) is 0 Å². The van der Waals surface area contributed by atoms with Crippen molar-refractivity contribution >= 4 is 86.4 Å². The molecule has 0 saturated heterocycles. The summed E-state index contributed by atoms with van der Waals surface area (Å²) in [6, 6.07) is 65.1. The smallest absolute Gasteiger partial charge is 0.0619 e. The van der Waals surface area contributed by atoms with E-state index in [0.29, 0.717) is 0 Å². The average Bonchev–Trinajstić information content (AvgIpc) is 3.53. The molecule has 0 N–H and O–H groups in total. The van der Waals surface area contributed by atoms with E-state index in [1.54, 1.807) is 0 Å². The van der Waals surface area contributed by atoms with Crippen molar-refractivity contribution in [3.63, 3.8) is 0 Å². The molecule has 226 valence electrons. The van der Waals surface area contributed by atoms with Crippen molar-refractivity contribution in [2.75, 3.05) is 0 Å². The highest BCUT2D eigenvalue weighted by Crippen LogP contribution is 2.45. The van der Waals surface area contributed by atoms with Crippen LogP contribution in [-0.2, 0) is 0 Å². The lowest BCUT2D eigenvalue weighted by molar-refractivity contribution is 1.19. The minimum atomic E-state index is 1.16. The molecule has 0 unspecified atom stereocenters. The van der Waals surface area contributed by atoms with Crippen LogP contribution < -0.4 is 0 Å². The van der Waals surface area contributed by atoms with Gasteiger partial charge in [0.1, 0.15) is 0 Å². The Kier molecular flexibility index (Phi) is 5.45. The summed E-state index contributed by atoms with van der Waals surface area (Å²) in [7, 11) is 0. The number of aromatic nitrogens is 1. The minimum Gasteiger partial charge on any atom is -0.308 e. The number of hydrogen-bond acceptors (Lipinski definition) is 0. The topological polar surface area (TPSA) is 4.93 Å². The van der Waals surface area contributed by atoms with Gasteiger partial charge in [-0.1, -0.05) is 158 Å². The Morgan fingerprint density at radius 3 is 1.33 bits per heavy atom. The first-order valence-corrected chi connectivity index (χ1v) is 17.0. The summed E-state index contributed by atoms with van der Waals surface area (Å²) in [6.45, 7) is 0.